The van der Waals surface area contributed by atoms with Crippen LogP contribution in [-0.4, -0.2) is 45.4 Å². The third kappa shape index (κ3) is 3.73. The minimum atomic E-state index is -4.63. The van der Waals surface area contributed by atoms with Crippen molar-refractivity contribution < 1.29 is 13.2 Å². The van der Waals surface area contributed by atoms with Gasteiger partial charge in [-0.2, -0.15) is 17.7 Å². The predicted octanol–water partition coefficient (Wildman–Crippen LogP) is 3.51. The van der Waals surface area contributed by atoms with E-state index in [0.29, 0.717) is 16.1 Å². The lowest BCUT2D eigenvalue weighted by Crippen LogP contribution is -2.27. The number of nitrogens with one attached hydrogen (secondary N) is 1. The summed E-state index contributed by atoms with van der Waals surface area (Å²) in [5.41, 5.74) is 0.936. The number of aromatic nitrogens is 4. The number of rotatable bonds is 5. The van der Waals surface area contributed by atoms with Crippen molar-refractivity contribution in [1.29, 1.82) is 0 Å². The number of nitrogens with zero attached hydrogens (tertiary/aromatic N) is 5. The molecule has 2 aromatic heterocycles. The van der Waals surface area contributed by atoms with Crippen LogP contribution in [0.5, 0.6) is 0 Å². The summed E-state index contributed by atoms with van der Waals surface area (Å²) >= 11 is 6.26. The highest BCUT2D eigenvalue weighted by Gasteiger charge is 2.37. The molecule has 138 valence electrons. The minimum Gasteiger partial charge on any atom is -0.367 e. The summed E-state index contributed by atoms with van der Waals surface area (Å²) in [6.45, 7) is 0.402. The van der Waals surface area contributed by atoms with E-state index in [2.05, 4.69) is 20.6 Å². The third-order valence-electron chi connectivity index (χ3n) is 3.88. The van der Waals surface area contributed by atoms with Gasteiger partial charge in [0.2, 0.25) is 0 Å². The van der Waals surface area contributed by atoms with E-state index in [1.807, 2.05) is 37.2 Å². The Balaban J connectivity index is 1.85. The van der Waals surface area contributed by atoms with Gasteiger partial charge in [0.05, 0.1) is 6.04 Å². The molecule has 0 aliphatic heterocycles. The number of likely N-dealkylation sites (N-methyl/N-ethyl adjacent to an activating group) is 1. The Kier molecular flexibility index (Phi) is 5.01. The van der Waals surface area contributed by atoms with Crippen LogP contribution in [-0.2, 0) is 6.18 Å². The second-order valence-corrected chi connectivity index (χ2v) is 6.30. The van der Waals surface area contributed by atoms with Crippen molar-refractivity contribution in [1.82, 2.24) is 24.7 Å². The fraction of sp³-hybridized carbons (Fsp3) is 0.312. The second kappa shape index (κ2) is 7.08. The normalized spacial score (nSPS) is 13.3. The van der Waals surface area contributed by atoms with E-state index in [1.165, 1.54) is 6.07 Å². The molecule has 0 aliphatic carbocycles. The summed E-state index contributed by atoms with van der Waals surface area (Å²) in [7, 11) is 3.79. The van der Waals surface area contributed by atoms with E-state index in [-0.39, 0.29) is 17.5 Å². The van der Waals surface area contributed by atoms with Crippen molar-refractivity contribution >= 4 is 23.1 Å². The van der Waals surface area contributed by atoms with Crippen LogP contribution in [0, 0.1) is 0 Å². The van der Waals surface area contributed by atoms with Gasteiger partial charge in [-0.3, -0.25) is 0 Å². The fourth-order valence-corrected chi connectivity index (χ4v) is 2.84. The van der Waals surface area contributed by atoms with E-state index in [0.717, 1.165) is 5.56 Å². The summed E-state index contributed by atoms with van der Waals surface area (Å²) < 4.78 is 39.6. The van der Waals surface area contributed by atoms with Crippen molar-refractivity contribution in [3.63, 3.8) is 0 Å². The average Bonchev–Trinajstić information content (AvgIpc) is 2.99. The Bertz CT molecular complexity index is 908. The van der Waals surface area contributed by atoms with Crippen molar-refractivity contribution in [3.8, 4) is 0 Å². The van der Waals surface area contributed by atoms with Gasteiger partial charge >= 0.3 is 6.18 Å². The Morgan fingerprint density at radius 1 is 1.15 bits per heavy atom. The highest BCUT2D eigenvalue weighted by atomic mass is 35.5. The number of alkyl halides is 3. The summed E-state index contributed by atoms with van der Waals surface area (Å²) in [6, 6.07) is 10.3. The summed E-state index contributed by atoms with van der Waals surface area (Å²) in [5, 5.41) is 14.3. The SMILES string of the molecule is CN(C)C(CNc1ccc2nnc(C(F)(F)F)n2n1)c1ccccc1Cl. The molecule has 1 aromatic carbocycles. The van der Waals surface area contributed by atoms with Gasteiger partial charge in [-0.25, -0.2) is 0 Å². The Hall–Kier alpha value is -2.39. The molecule has 26 heavy (non-hydrogen) atoms. The monoisotopic (exact) mass is 384 g/mol. The molecule has 6 nitrogen and oxygen atoms in total. The molecule has 2 heterocycles. The smallest absolute Gasteiger partial charge is 0.367 e. The van der Waals surface area contributed by atoms with Crippen molar-refractivity contribution in [2.75, 3.05) is 26.0 Å². The number of halogens is 4. The number of benzene rings is 1. The zero-order valence-electron chi connectivity index (χ0n) is 14.0. The van der Waals surface area contributed by atoms with Gasteiger partial charge in [-0.05, 0) is 37.9 Å². The molecule has 1 atom stereocenters. The molecule has 0 saturated carbocycles. The fourth-order valence-electron chi connectivity index (χ4n) is 2.58. The Morgan fingerprint density at radius 3 is 2.54 bits per heavy atom. The van der Waals surface area contributed by atoms with Crippen molar-refractivity contribution in [2.45, 2.75) is 12.2 Å². The Morgan fingerprint density at radius 2 is 1.88 bits per heavy atom. The molecule has 0 radical (unpaired) electrons. The molecule has 0 fully saturated rings. The first-order valence-electron chi connectivity index (χ1n) is 7.72. The first-order valence-corrected chi connectivity index (χ1v) is 8.09. The summed E-state index contributed by atoms with van der Waals surface area (Å²) in [4.78, 5) is 1.96. The molecule has 0 amide bonds. The molecule has 0 aliphatic rings. The summed E-state index contributed by atoms with van der Waals surface area (Å²) in [5.74, 6) is -0.881. The second-order valence-electron chi connectivity index (χ2n) is 5.89. The van der Waals surface area contributed by atoms with Gasteiger partial charge in [-0.15, -0.1) is 15.3 Å². The molecule has 0 bridgehead atoms. The van der Waals surface area contributed by atoms with Crippen LogP contribution in [0.15, 0.2) is 36.4 Å². The van der Waals surface area contributed by atoms with Gasteiger partial charge in [0.25, 0.3) is 5.82 Å². The largest absolute Gasteiger partial charge is 0.453 e. The third-order valence-corrected chi connectivity index (χ3v) is 4.22. The number of fused-ring (bicyclic) bond motifs is 1. The van der Waals surface area contributed by atoms with Crippen molar-refractivity contribution in [2.24, 2.45) is 0 Å². The molecule has 1 N–H and O–H groups in total. The average molecular weight is 385 g/mol. The van der Waals surface area contributed by atoms with Gasteiger partial charge in [0.1, 0.15) is 5.82 Å². The zero-order valence-corrected chi connectivity index (χ0v) is 14.8. The lowest BCUT2D eigenvalue weighted by Gasteiger charge is -2.26. The van der Waals surface area contributed by atoms with Crippen LogP contribution in [0.25, 0.3) is 5.65 Å². The molecule has 3 rings (SSSR count). The zero-order chi connectivity index (χ0) is 18.9. The van der Waals surface area contributed by atoms with Crippen LogP contribution in [0.2, 0.25) is 5.02 Å². The van der Waals surface area contributed by atoms with E-state index < -0.39 is 12.0 Å². The first-order chi connectivity index (χ1) is 12.3. The maximum atomic E-state index is 13.0. The van der Waals surface area contributed by atoms with Gasteiger partial charge in [0, 0.05) is 11.6 Å². The standard InChI is InChI=1S/C16H16ClF3N6/c1-25(2)12(10-5-3-4-6-11(10)17)9-21-13-7-8-14-22-23-15(16(18,19)20)26(14)24-13/h3-8,12H,9H2,1-2H3,(H,21,24). The number of anilines is 1. The summed E-state index contributed by atoms with van der Waals surface area (Å²) in [6.07, 6.45) is -4.63. The van der Waals surface area contributed by atoms with Gasteiger partial charge < -0.3 is 10.2 Å². The highest BCUT2D eigenvalue weighted by molar-refractivity contribution is 6.31. The van der Waals surface area contributed by atoms with E-state index in [1.54, 1.807) is 12.1 Å². The lowest BCUT2D eigenvalue weighted by atomic mass is 10.1. The molecular formula is C16H16ClF3N6. The first kappa shape index (κ1) is 18.4. The number of hydrogen-bond acceptors (Lipinski definition) is 5. The molecule has 0 spiro atoms. The van der Waals surface area contributed by atoms with Crippen LogP contribution in [0.1, 0.15) is 17.4 Å². The van der Waals surface area contributed by atoms with Crippen LogP contribution in [0.4, 0.5) is 19.0 Å². The van der Waals surface area contributed by atoms with Crippen LogP contribution in [0.3, 0.4) is 0 Å². The minimum absolute atomic E-state index is 0.0261. The number of hydrogen-bond donors (Lipinski definition) is 1. The molecular weight excluding hydrogens is 369 g/mol. The molecule has 3 aromatic rings. The van der Waals surface area contributed by atoms with Crippen LogP contribution < -0.4 is 5.32 Å². The van der Waals surface area contributed by atoms with E-state index in [9.17, 15) is 13.2 Å². The predicted molar refractivity (Wildman–Crippen MR) is 92.2 cm³/mol. The van der Waals surface area contributed by atoms with Gasteiger partial charge in [0.15, 0.2) is 5.65 Å². The quantitative estimate of drug-likeness (QED) is 0.729. The maximum Gasteiger partial charge on any atom is 0.453 e. The topological polar surface area (TPSA) is 58.3 Å². The van der Waals surface area contributed by atoms with E-state index in [4.69, 9.17) is 11.6 Å². The molecule has 10 heteroatoms. The highest BCUT2D eigenvalue weighted by Crippen LogP contribution is 2.28. The van der Waals surface area contributed by atoms with E-state index >= 15 is 0 Å². The van der Waals surface area contributed by atoms with Gasteiger partial charge in [-0.1, -0.05) is 29.8 Å². The molecule has 0 saturated heterocycles. The lowest BCUT2D eigenvalue weighted by molar-refractivity contribution is -0.146. The molecule has 1 unspecified atom stereocenters. The maximum absolute atomic E-state index is 13.0. The Labute approximate surface area is 152 Å². The van der Waals surface area contributed by atoms with Crippen LogP contribution >= 0.6 is 11.6 Å². The van der Waals surface area contributed by atoms with Crippen molar-refractivity contribution in [3.05, 3.63) is 52.8 Å².